The Morgan fingerprint density at radius 3 is 2.57 bits per heavy atom. The Kier molecular flexibility index (Phi) is 6.52. The Morgan fingerprint density at radius 1 is 1.00 bits per heavy atom. The van der Waals surface area contributed by atoms with Crippen molar-refractivity contribution >= 4 is 0 Å². The van der Waals surface area contributed by atoms with E-state index in [1.807, 2.05) is 18.3 Å². The fourth-order valence-corrected chi connectivity index (χ4v) is 4.12. The number of halogens is 2. The third-order valence-corrected chi connectivity index (χ3v) is 5.73. The van der Waals surface area contributed by atoms with Crippen LogP contribution in [0.5, 0.6) is 0 Å². The number of nitrogens with zero attached hydrogens (tertiary/aromatic N) is 3. The highest BCUT2D eigenvalue weighted by Crippen LogP contribution is 2.25. The van der Waals surface area contributed by atoms with Crippen LogP contribution < -0.4 is 0 Å². The molecule has 2 N–H and O–H groups in total. The summed E-state index contributed by atoms with van der Waals surface area (Å²) in [5, 5.41) is 16.8. The molecule has 0 spiro atoms. The van der Waals surface area contributed by atoms with Gasteiger partial charge in [-0.05, 0) is 36.8 Å². The highest BCUT2D eigenvalue weighted by Gasteiger charge is 2.28. The Balaban J connectivity index is 1.44. The van der Waals surface area contributed by atoms with Crippen molar-refractivity contribution in [1.82, 2.24) is 20.0 Å². The molecule has 1 atom stereocenters. The summed E-state index contributed by atoms with van der Waals surface area (Å²) in [6, 6.07) is 13.4. The van der Waals surface area contributed by atoms with Crippen LogP contribution in [0.1, 0.15) is 17.5 Å². The second kappa shape index (κ2) is 9.47. The van der Waals surface area contributed by atoms with Crippen molar-refractivity contribution in [3.05, 3.63) is 77.5 Å². The SMILES string of the molecule is OCC[C@@H]1CN(Cc2cn[nH]c2-c2ccc(F)cc2)CCN1Cc1ccccc1F. The van der Waals surface area contributed by atoms with Crippen LogP contribution in [0.3, 0.4) is 0 Å². The first-order valence-electron chi connectivity index (χ1n) is 10.2. The van der Waals surface area contributed by atoms with E-state index in [9.17, 15) is 13.9 Å². The quantitative estimate of drug-likeness (QED) is 0.624. The zero-order chi connectivity index (χ0) is 20.9. The molecule has 7 heteroatoms. The molecule has 1 aliphatic rings. The smallest absolute Gasteiger partial charge is 0.127 e. The van der Waals surface area contributed by atoms with Crippen molar-refractivity contribution in [3.8, 4) is 11.3 Å². The highest BCUT2D eigenvalue weighted by molar-refractivity contribution is 5.62. The largest absolute Gasteiger partial charge is 0.396 e. The van der Waals surface area contributed by atoms with Gasteiger partial charge >= 0.3 is 0 Å². The van der Waals surface area contributed by atoms with Gasteiger partial charge < -0.3 is 5.11 Å². The molecule has 3 aromatic rings. The molecule has 158 valence electrons. The molecule has 2 heterocycles. The Hall–Kier alpha value is -2.61. The summed E-state index contributed by atoms with van der Waals surface area (Å²) in [4.78, 5) is 4.58. The number of hydrogen-bond acceptors (Lipinski definition) is 4. The number of aromatic nitrogens is 2. The Bertz CT molecular complexity index is 960. The van der Waals surface area contributed by atoms with Gasteiger partial charge in [0.15, 0.2) is 0 Å². The molecule has 1 aromatic heterocycles. The minimum atomic E-state index is -0.266. The zero-order valence-electron chi connectivity index (χ0n) is 16.8. The Labute approximate surface area is 175 Å². The summed E-state index contributed by atoms with van der Waals surface area (Å²) in [6.45, 7) is 3.76. The summed E-state index contributed by atoms with van der Waals surface area (Å²) >= 11 is 0. The molecule has 1 aliphatic heterocycles. The van der Waals surface area contributed by atoms with Crippen molar-refractivity contribution in [2.45, 2.75) is 25.6 Å². The molecule has 0 amide bonds. The van der Waals surface area contributed by atoms with Gasteiger partial charge in [0.2, 0.25) is 0 Å². The Morgan fingerprint density at radius 2 is 1.80 bits per heavy atom. The second-order valence-electron chi connectivity index (χ2n) is 7.74. The minimum Gasteiger partial charge on any atom is -0.396 e. The highest BCUT2D eigenvalue weighted by atomic mass is 19.1. The molecular formula is C23H26F2N4O. The maximum Gasteiger partial charge on any atom is 0.127 e. The predicted octanol–water partition coefficient (Wildman–Crippen LogP) is 3.42. The van der Waals surface area contributed by atoms with Gasteiger partial charge in [0.1, 0.15) is 11.6 Å². The average Bonchev–Trinajstić information content (AvgIpc) is 3.20. The van der Waals surface area contributed by atoms with E-state index in [-0.39, 0.29) is 24.3 Å². The summed E-state index contributed by atoms with van der Waals surface area (Å²) in [5.74, 6) is -0.456. The number of aliphatic hydroxyl groups is 1. The maximum absolute atomic E-state index is 14.1. The molecule has 0 bridgehead atoms. The number of hydrogen-bond donors (Lipinski definition) is 2. The lowest BCUT2D eigenvalue weighted by atomic mass is 10.0. The maximum atomic E-state index is 14.1. The molecule has 1 saturated heterocycles. The summed E-state index contributed by atoms with van der Waals surface area (Å²) in [6.07, 6.45) is 2.45. The van der Waals surface area contributed by atoms with Crippen LogP contribution in [0.25, 0.3) is 11.3 Å². The first-order valence-corrected chi connectivity index (χ1v) is 10.2. The lowest BCUT2D eigenvalue weighted by Gasteiger charge is -2.41. The van der Waals surface area contributed by atoms with Crippen LogP contribution in [0.15, 0.2) is 54.7 Å². The van der Waals surface area contributed by atoms with Crippen molar-refractivity contribution in [2.75, 3.05) is 26.2 Å². The first-order chi connectivity index (χ1) is 14.6. The normalized spacial score (nSPS) is 18.0. The number of aliphatic hydroxyl groups excluding tert-OH is 1. The third kappa shape index (κ3) is 4.75. The fraction of sp³-hybridized carbons (Fsp3) is 0.348. The van der Waals surface area contributed by atoms with Crippen molar-refractivity contribution < 1.29 is 13.9 Å². The number of aromatic amines is 1. The van der Waals surface area contributed by atoms with Crippen LogP contribution in [0.2, 0.25) is 0 Å². The van der Waals surface area contributed by atoms with Gasteiger partial charge in [0, 0.05) is 62.1 Å². The van der Waals surface area contributed by atoms with Crippen LogP contribution >= 0.6 is 0 Å². The molecule has 30 heavy (non-hydrogen) atoms. The van der Waals surface area contributed by atoms with E-state index < -0.39 is 0 Å². The van der Waals surface area contributed by atoms with Crippen LogP contribution in [-0.2, 0) is 13.1 Å². The van der Waals surface area contributed by atoms with Gasteiger partial charge in [-0.15, -0.1) is 0 Å². The van der Waals surface area contributed by atoms with Gasteiger partial charge in [0.05, 0.1) is 11.9 Å². The van der Waals surface area contributed by atoms with Crippen LogP contribution in [-0.4, -0.2) is 57.4 Å². The lowest BCUT2D eigenvalue weighted by molar-refractivity contribution is 0.0494. The van der Waals surface area contributed by atoms with E-state index in [1.165, 1.54) is 18.2 Å². The molecule has 1 fully saturated rings. The van der Waals surface area contributed by atoms with Gasteiger partial charge in [-0.1, -0.05) is 18.2 Å². The minimum absolute atomic E-state index is 0.0960. The molecule has 5 nitrogen and oxygen atoms in total. The van der Waals surface area contributed by atoms with Crippen molar-refractivity contribution in [3.63, 3.8) is 0 Å². The second-order valence-corrected chi connectivity index (χ2v) is 7.74. The molecule has 0 radical (unpaired) electrons. The number of benzene rings is 2. The van der Waals surface area contributed by atoms with E-state index in [4.69, 9.17) is 0 Å². The van der Waals surface area contributed by atoms with Crippen molar-refractivity contribution in [1.29, 1.82) is 0 Å². The van der Waals surface area contributed by atoms with Crippen molar-refractivity contribution in [2.24, 2.45) is 0 Å². The standard InChI is InChI=1S/C23H26F2N4O/c24-20-7-5-17(6-8-20)23-19(13-26-27-23)14-28-10-11-29(21(16-28)9-12-30)15-18-3-1-2-4-22(18)25/h1-8,13,21,30H,9-12,14-16H2,(H,26,27)/t21-/m1/s1. The van der Waals surface area contributed by atoms with Gasteiger partial charge in [-0.2, -0.15) is 5.10 Å². The number of piperazine rings is 1. The third-order valence-electron chi connectivity index (χ3n) is 5.73. The van der Waals surface area contributed by atoms with E-state index in [1.54, 1.807) is 18.2 Å². The molecule has 0 unspecified atom stereocenters. The summed E-state index contributed by atoms with van der Waals surface area (Å²) in [7, 11) is 0. The van der Waals surface area contributed by atoms with Gasteiger partial charge in [-0.3, -0.25) is 14.9 Å². The lowest BCUT2D eigenvalue weighted by Crippen LogP contribution is -2.52. The molecule has 0 saturated carbocycles. The van der Waals surface area contributed by atoms with E-state index >= 15 is 0 Å². The van der Waals surface area contributed by atoms with E-state index in [0.717, 1.165) is 36.5 Å². The average molecular weight is 412 g/mol. The zero-order valence-corrected chi connectivity index (χ0v) is 16.8. The molecule has 4 rings (SSSR count). The van der Waals surface area contributed by atoms with Crippen LogP contribution in [0, 0.1) is 11.6 Å². The first kappa shape index (κ1) is 20.7. The number of H-pyrrole nitrogens is 1. The predicted molar refractivity (Wildman–Crippen MR) is 112 cm³/mol. The topological polar surface area (TPSA) is 55.4 Å². The molecule has 2 aromatic carbocycles. The van der Waals surface area contributed by atoms with E-state index in [2.05, 4.69) is 20.0 Å². The molecule has 0 aliphatic carbocycles. The number of nitrogens with one attached hydrogen (secondary N) is 1. The summed E-state index contributed by atoms with van der Waals surface area (Å²) < 4.78 is 27.3. The summed E-state index contributed by atoms with van der Waals surface area (Å²) in [5.41, 5.74) is 3.52. The van der Waals surface area contributed by atoms with Gasteiger partial charge in [-0.25, -0.2) is 8.78 Å². The fourth-order valence-electron chi connectivity index (χ4n) is 4.12. The number of rotatable bonds is 7. The van der Waals surface area contributed by atoms with Crippen LogP contribution in [0.4, 0.5) is 8.78 Å². The van der Waals surface area contributed by atoms with E-state index in [0.29, 0.717) is 25.1 Å². The monoisotopic (exact) mass is 412 g/mol. The van der Waals surface area contributed by atoms with Gasteiger partial charge in [0.25, 0.3) is 0 Å². The molecular weight excluding hydrogens is 386 g/mol.